The third-order valence-corrected chi connectivity index (χ3v) is 4.52. The van der Waals surface area contributed by atoms with Gasteiger partial charge in [-0.05, 0) is 42.9 Å². The van der Waals surface area contributed by atoms with Gasteiger partial charge in [0.05, 0.1) is 13.5 Å². The van der Waals surface area contributed by atoms with Gasteiger partial charge in [-0.25, -0.2) is 15.0 Å². The third-order valence-electron chi connectivity index (χ3n) is 4.52. The number of anilines is 1. The van der Waals surface area contributed by atoms with Gasteiger partial charge in [-0.1, -0.05) is 25.3 Å². The number of methoxy groups -OCH3 is 1. The lowest BCUT2D eigenvalue weighted by Crippen LogP contribution is -2.08. The number of ether oxygens (including phenoxy) is 1. The Kier molecular flexibility index (Phi) is 8.48. The molecule has 2 aromatic heterocycles. The predicted molar refractivity (Wildman–Crippen MR) is 104 cm³/mol. The molecule has 146 valence electrons. The number of aromatic nitrogens is 3. The minimum atomic E-state index is -0.800. The number of aryl methyl sites for hydroxylation is 1. The maximum absolute atomic E-state index is 11.2. The molecule has 0 aliphatic rings. The highest BCUT2D eigenvalue weighted by molar-refractivity contribution is 5.68. The SMILES string of the molecule is CNc1cccc(CCCCCCC(CC(=O)O)c2cnc(OC)nc2)n1. The molecular weight excluding hydrogens is 344 g/mol. The first-order valence-electron chi connectivity index (χ1n) is 9.33. The van der Waals surface area contributed by atoms with Crippen molar-refractivity contribution in [3.63, 3.8) is 0 Å². The highest BCUT2D eigenvalue weighted by Crippen LogP contribution is 2.26. The van der Waals surface area contributed by atoms with Gasteiger partial charge in [-0.15, -0.1) is 0 Å². The highest BCUT2D eigenvalue weighted by Gasteiger charge is 2.16. The lowest BCUT2D eigenvalue weighted by Gasteiger charge is -2.14. The minimum Gasteiger partial charge on any atom is -0.481 e. The first kappa shape index (κ1) is 20.6. The molecule has 0 radical (unpaired) electrons. The molecule has 0 aliphatic heterocycles. The van der Waals surface area contributed by atoms with Crippen molar-refractivity contribution < 1.29 is 14.6 Å². The average molecular weight is 372 g/mol. The number of hydrogen-bond donors (Lipinski definition) is 2. The number of carboxylic acids is 1. The lowest BCUT2D eigenvalue weighted by molar-refractivity contribution is -0.137. The Hall–Kier alpha value is -2.70. The van der Waals surface area contributed by atoms with Gasteiger partial charge in [0.1, 0.15) is 5.82 Å². The molecule has 2 heterocycles. The van der Waals surface area contributed by atoms with E-state index in [0.717, 1.165) is 55.6 Å². The number of carboxylic acid groups (broad SMARTS) is 1. The molecule has 0 fully saturated rings. The summed E-state index contributed by atoms with van der Waals surface area (Å²) in [6.45, 7) is 0. The van der Waals surface area contributed by atoms with Crippen molar-refractivity contribution in [1.82, 2.24) is 15.0 Å². The summed E-state index contributed by atoms with van der Waals surface area (Å²) in [6.07, 6.45) is 9.43. The number of rotatable bonds is 12. The second-order valence-corrected chi connectivity index (χ2v) is 6.51. The zero-order chi connectivity index (χ0) is 19.5. The topological polar surface area (TPSA) is 97.2 Å². The average Bonchev–Trinajstić information content (AvgIpc) is 2.69. The van der Waals surface area contributed by atoms with Gasteiger partial charge in [0.15, 0.2) is 0 Å². The van der Waals surface area contributed by atoms with E-state index in [1.165, 1.54) is 7.11 Å². The molecule has 0 spiro atoms. The van der Waals surface area contributed by atoms with Gasteiger partial charge in [-0.3, -0.25) is 4.79 Å². The summed E-state index contributed by atoms with van der Waals surface area (Å²) in [4.78, 5) is 23.9. The van der Waals surface area contributed by atoms with Gasteiger partial charge >= 0.3 is 12.0 Å². The zero-order valence-corrected chi connectivity index (χ0v) is 16.0. The highest BCUT2D eigenvalue weighted by atomic mass is 16.5. The van der Waals surface area contributed by atoms with Gasteiger partial charge in [0, 0.05) is 25.1 Å². The molecule has 0 aliphatic carbocycles. The Morgan fingerprint density at radius 3 is 2.59 bits per heavy atom. The molecule has 0 amide bonds. The summed E-state index contributed by atoms with van der Waals surface area (Å²) in [5, 5.41) is 12.2. The molecular formula is C20H28N4O3. The second kappa shape index (κ2) is 11.1. The molecule has 7 nitrogen and oxygen atoms in total. The molecule has 7 heteroatoms. The number of carbonyl (C=O) groups is 1. The number of nitrogens with one attached hydrogen (secondary N) is 1. The van der Waals surface area contributed by atoms with Crippen molar-refractivity contribution >= 4 is 11.8 Å². The van der Waals surface area contributed by atoms with Crippen LogP contribution in [0.2, 0.25) is 0 Å². The maximum atomic E-state index is 11.2. The largest absolute Gasteiger partial charge is 0.481 e. The van der Waals surface area contributed by atoms with Gasteiger partial charge in [-0.2, -0.15) is 0 Å². The Morgan fingerprint density at radius 2 is 1.93 bits per heavy atom. The van der Waals surface area contributed by atoms with Crippen molar-refractivity contribution in [2.24, 2.45) is 0 Å². The summed E-state index contributed by atoms with van der Waals surface area (Å²) < 4.78 is 4.96. The van der Waals surface area contributed by atoms with E-state index in [-0.39, 0.29) is 12.3 Å². The van der Waals surface area contributed by atoms with Crippen LogP contribution >= 0.6 is 0 Å². The molecule has 2 aromatic rings. The van der Waals surface area contributed by atoms with Crippen LogP contribution in [0.25, 0.3) is 0 Å². The van der Waals surface area contributed by atoms with Crippen molar-refractivity contribution in [2.45, 2.75) is 50.9 Å². The number of unbranched alkanes of at least 4 members (excludes halogenated alkanes) is 3. The van der Waals surface area contributed by atoms with E-state index in [2.05, 4.69) is 20.3 Å². The number of aliphatic carboxylic acids is 1. The summed E-state index contributed by atoms with van der Waals surface area (Å²) in [5.74, 6) is 0.0272. The molecule has 0 aromatic carbocycles. The van der Waals surface area contributed by atoms with Crippen LogP contribution in [-0.4, -0.2) is 40.2 Å². The van der Waals surface area contributed by atoms with Crippen molar-refractivity contribution in [1.29, 1.82) is 0 Å². The van der Waals surface area contributed by atoms with Gasteiger partial charge in [0.25, 0.3) is 0 Å². The smallest absolute Gasteiger partial charge is 0.316 e. The van der Waals surface area contributed by atoms with Crippen LogP contribution in [0, 0.1) is 0 Å². The van der Waals surface area contributed by atoms with Crippen molar-refractivity contribution in [3.8, 4) is 6.01 Å². The summed E-state index contributed by atoms with van der Waals surface area (Å²) >= 11 is 0. The van der Waals surface area contributed by atoms with Crippen molar-refractivity contribution in [3.05, 3.63) is 41.9 Å². The summed E-state index contributed by atoms with van der Waals surface area (Å²) in [5.41, 5.74) is 1.95. The fraction of sp³-hybridized carbons (Fsp3) is 0.500. The lowest BCUT2D eigenvalue weighted by atomic mass is 9.92. The zero-order valence-electron chi connectivity index (χ0n) is 16.0. The van der Waals surface area contributed by atoms with E-state index in [0.29, 0.717) is 6.01 Å². The fourth-order valence-corrected chi connectivity index (χ4v) is 3.05. The monoisotopic (exact) mass is 372 g/mol. The second-order valence-electron chi connectivity index (χ2n) is 6.51. The normalized spacial score (nSPS) is 11.8. The number of nitrogens with zero attached hydrogens (tertiary/aromatic N) is 3. The molecule has 2 rings (SSSR count). The molecule has 0 saturated heterocycles. The van der Waals surface area contributed by atoms with Gasteiger partial charge in [0.2, 0.25) is 0 Å². The Labute approximate surface area is 160 Å². The Bertz CT molecular complexity index is 707. The van der Waals surface area contributed by atoms with E-state index in [4.69, 9.17) is 4.74 Å². The maximum Gasteiger partial charge on any atom is 0.316 e. The summed E-state index contributed by atoms with van der Waals surface area (Å²) in [6, 6.07) is 6.31. The molecule has 2 N–H and O–H groups in total. The number of pyridine rings is 1. The molecule has 1 unspecified atom stereocenters. The van der Waals surface area contributed by atoms with E-state index < -0.39 is 5.97 Å². The van der Waals surface area contributed by atoms with Gasteiger partial charge < -0.3 is 15.2 Å². The van der Waals surface area contributed by atoms with Crippen LogP contribution < -0.4 is 10.1 Å². The minimum absolute atomic E-state index is 0.0672. The molecule has 0 bridgehead atoms. The number of hydrogen-bond acceptors (Lipinski definition) is 6. The fourth-order valence-electron chi connectivity index (χ4n) is 3.05. The van der Waals surface area contributed by atoms with E-state index in [1.54, 1.807) is 12.4 Å². The molecule has 27 heavy (non-hydrogen) atoms. The van der Waals surface area contributed by atoms with Crippen LogP contribution in [0.5, 0.6) is 6.01 Å². The van der Waals surface area contributed by atoms with Crippen LogP contribution in [0.1, 0.15) is 55.7 Å². The van der Waals surface area contributed by atoms with Crippen LogP contribution in [0.4, 0.5) is 5.82 Å². The van der Waals surface area contributed by atoms with Crippen LogP contribution in [0.3, 0.4) is 0 Å². The summed E-state index contributed by atoms with van der Waals surface area (Å²) in [7, 11) is 3.38. The van der Waals surface area contributed by atoms with Crippen LogP contribution in [-0.2, 0) is 11.2 Å². The first-order chi connectivity index (χ1) is 13.1. The first-order valence-corrected chi connectivity index (χ1v) is 9.33. The van der Waals surface area contributed by atoms with E-state index in [9.17, 15) is 9.90 Å². The molecule has 0 saturated carbocycles. The van der Waals surface area contributed by atoms with E-state index in [1.807, 2.05) is 25.2 Å². The molecule has 1 atom stereocenters. The predicted octanol–water partition coefficient (Wildman–Crippen LogP) is 3.67. The van der Waals surface area contributed by atoms with E-state index >= 15 is 0 Å². The quantitative estimate of drug-likeness (QED) is 0.549. The van der Waals surface area contributed by atoms with Crippen LogP contribution in [0.15, 0.2) is 30.6 Å². The standard InChI is InChI=1S/C20H28N4O3/c1-21-18-11-7-10-17(24-18)9-6-4-3-5-8-15(12-19(25)26)16-13-22-20(27-2)23-14-16/h7,10-11,13-15H,3-6,8-9,12H2,1-2H3,(H,21,24)(H,25,26). The Balaban J connectivity index is 1.75. The van der Waals surface area contributed by atoms with Crippen molar-refractivity contribution in [2.75, 3.05) is 19.5 Å². The Morgan fingerprint density at radius 1 is 1.19 bits per heavy atom. The third kappa shape index (κ3) is 7.21.